The van der Waals surface area contributed by atoms with Crippen LogP contribution in [0.15, 0.2) is 28.5 Å². The quantitative estimate of drug-likeness (QED) is 0.495. The van der Waals surface area contributed by atoms with Crippen LogP contribution in [0.2, 0.25) is 0 Å². The van der Waals surface area contributed by atoms with Gasteiger partial charge in [0, 0.05) is 0 Å². The Labute approximate surface area is 55.5 Å². The van der Waals surface area contributed by atoms with Gasteiger partial charge in [0.1, 0.15) is 6.08 Å². The van der Waals surface area contributed by atoms with E-state index in [0.717, 1.165) is 0 Å². The molecule has 0 amide bonds. The van der Waals surface area contributed by atoms with E-state index in [1.54, 1.807) is 12.2 Å². The highest BCUT2D eigenvalue weighted by Gasteiger charge is 2.10. The number of hydrogen-bond acceptors (Lipinski definition) is 0. The van der Waals surface area contributed by atoms with Gasteiger partial charge in [-0.2, -0.15) is 0 Å². The predicted molar refractivity (Wildman–Crippen MR) is 34.0 cm³/mol. The third-order valence-corrected chi connectivity index (χ3v) is 1.37. The fourth-order valence-electron chi connectivity index (χ4n) is 0.396. The molecule has 0 aromatic carbocycles. The summed E-state index contributed by atoms with van der Waals surface area (Å²) in [7, 11) is 0. The molecule has 0 aromatic heterocycles. The Bertz CT molecular complexity index is 157. The fraction of sp³-hybridized carbons (Fsp3) is 0. The average Bonchev–Trinajstić information content (AvgIpc) is 1.77. The maximum absolute atomic E-state index is 12.2. The van der Waals surface area contributed by atoms with Gasteiger partial charge in [0.2, 0.25) is 4.48 Å². The summed E-state index contributed by atoms with van der Waals surface area (Å²) >= 11 is 2.96. The van der Waals surface area contributed by atoms with Gasteiger partial charge in [0.15, 0.2) is 0 Å². The normalized spacial score (nSPS) is 16.8. The van der Waals surface area contributed by atoms with Gasteiger partial charge in [0.05, 0.1) is 18.2 Å². The highest BCUT2D eigenvalue weighted by molar-refractivity contribution is 9.11. The molecule has 0 bridgehead atoms. The average molecular weight is 174 g/mol. The van der Waals surface area contributed by atoms with E-state index in [-0.39, 0.29) is 5.83 Å². The molecule has 40 valence electrons. The van der Waals surface area contributed by atoms with E-state index in [0.29, 0.717) is 4.48 Å². The SMILES string of the molecule is FC1=CC=C[C+]=C1Br. The summed E-state index contributed by atoms with van der Waals surface area (Å²) < 4.78 is 12.6. The molecule has 0 atom stereocenters. The molecule has 0 unspecified atom stereocenters. The van der Waals surface area contributed by atoms with Crippen LogP contribution >= 0.6 is 15.9 Å². The zero-order valence-electron chi connectivity index (χ0n) is 3.99. The van der Waals surface area contributed by atoms with Crippen LogP contribution in [0.3, 0.4) is 0 Å². The maximum Gasteiger partial charge on any atom is 0.255 e. The zero-order chi connectivity index (χ0) is 5.98. The van der Waals surface area contributed by atoms with Crippen LogP contribution in [-0.4, -0.2) is 0 Å². The molecule has 1 rings (SSSR count). The van der Waals surface area contributed by atoms with Crippen LogP contribution in [0, 0.1) is 6.08 Å². The number of hydrogen-bond donors (Lipinski definition) is 0. The van der Waals surface area contributed by atoms with Crippen molar-refractivity contribution in [2.75, 3.05) is 0 Å². The summed E-state index contributed by atoms with van der Waals surface area (Å²) in [6, 6.07) is 0. The Kier molecular flexibility index (Phi) is 1.56. The lowest BCUT2D eigenvalue weighted by molar-refractivity contribution is 0.662. The Morgan fingerprint density at radius 3 is 2.75 bits per heavy atom. The molecular weight excluding hydrogens is 171 g/mol. The summed E-state index contributed by atoms with van der Waals surface area (Å²) in [4.78, 5) is 0. The second-order valence-electron chi connectivity index (χ2n) is 1.33. The Morgan fingerprint density at radius 2 is 2.38 bits per heavy atom. The lowest BCUT2D eigenvalue weighted by Crippen LogP contribution is -1.75. The molecule has 0 saturated carbocycles. The van der Waals surface area contributed by atoms with Crippen molar-refractivity contribution in [1.29, 1.82) is 0 Å². The standard InChI is InChI=1S/C6H3BrF/c7-5-3-1-2-4-6(5)8/h1-2,4H/q+1. The Balaban J connectivity index is 2.93. The summed E-state index contributed by atoms with van der Waals surface area (Å²) in [5, 5.41) is 0. The number of allylic oxidation sites excluding steroid dienone is 6. The second kappa shape index (κ2) is 2.21. The van der Waals surface area contributed by atoms with Crippen LogP contribution in [0.25, 0.3) is 0 Å². The van der Waals surface area contributed by atoms with Crippen LogP contribution in [0.5, 0.6) is 0 Å². The third-order valence-electron chi connectivity index (χ3n) is 0.759. The molecule has 8 heavy (non-hydrogen) atoms. The van der Waals surface area contributed by atoms with Gasteiger partial charge in [-0.1, -0.05) is 0 Å². The molecule has 0 aliphatic heterocycles. The lowest BCUT2D eigenvalue weighted by Gasteiger charge is -1.81. The van der Waals surface area contributed by atoms with Crippen molar-refractivity contribution in [1.82, 2.24) is 0 Å². The molecule has 0 N–H and O–H groups in total. The van der Waals surface area contributed by atoms with E-state index in [4.69, 9.17) is 0 Å². The first kappa shape index (κ1) is 5.67. The lowest BCUT2D eigenvalue weighted by atomic mass is 10.3. The van der Waals surface area contributed by atoms with Crippen LogP contribution in [-0.2, 0) is 0 Å². The third kappa shape index (κ3) is 1.03. The Morgan fingerprint density at radius 1 is 1.62 bits per heavy atom. The van der Waals surface area contributed by atoms with Gasteiger partial charge in [-0.15, -0.1) is 4.39 Å². The summed E-state index contributed by atoms with van der Waals surface area (Å²) in [6.45, 7) is 0. The van der Waals surface area contributed by atoms with E-state index in [1.807, 2.05) is 0 Å². The molecule has 1 aliphatic carbocycles. The van der Waals surface area contributed by atoms with E-state index in [9.17, 15) is 4.39 Å². The van der Waals surface area contributed by atoms with Crippen molar-refractivity contribution < 1.29 is 4.39 Å². The van der Waals surface area contributed by atoms with Gasteiger partial charge >= 0.3 is 0 Å². The smallest absolute Gasteiger partial charge is 0.125 e. The second-order valence-corrected chi connectivity index (χ2v) is 2.13. The van der Waals surface area contributed by atoms with E-state index in [1.165, 1.54) is 6.08 Å². The van der Waals surface area contributed by atoms with Crippen molar-refractivity contribution in [3.8, 4) is 0 Å². The summed E-state index contributed by atoms with van der Waals surface area (Å²) in [5.74, 6) is -0.271. The van der Waals surface area contributed by atoms with E-state index < -0.39 is 0 Å². The van der Waals surface area contributed by atoms with Crippen LogP contribution in [0.4, 0.5) is 4.39 Å². The number of halogens is 2. The molecular formula is C6H3BrF+. The van der Waals surface area contributed by atoms with E-state index >= 15 is 0 Å². The van der Waals surface area contributed by atoms with Gasteiger partial charge in [0.25, 0.3) is 5.83 Å². The minimum absolute atomic E-state index is 0.271. The first-order chi connectivity index (χ1) is 3.80. The molecule has 0 heterocycles. The van der Waals surface area contributed by atoms with Crippen LogP contribution in [0.1, 0.15) is 0 Å². The number of rotatable bonds is 0. The molecule has 1 aliphatic rings. The topological polar surface area (TPSA) is 0 Å². The van der Waals surface area contributed by atoms with Crippen molar-refractivity contribution >= 4 is 15.9 Å². The molecule has 0 fully saturated rings. The Hall–Kier alpha value is -0.460. The minimum Gasteiger partial charge on any atom is -0.125 e. The molecule has 2 heteroatoms. The summed E-state index contributed by atoms with van der Waals surface area (Å²) in [6.07, 6.45) is 7.26. The maximum atomic E-state index is 12.2. The van der Waals surface area contributed by atoms with Gasteiger partial charge < -0.3 is 0 Å². The highest BCUT2D eigenvalue weighted by Crippen LogP contribution is 2.20. The summed E-state index contributed by atoms with van der Waals surface area (Å²) in [5.41, 5.74) is 0. The van der Waals surface area contributed by atoms with Gasteiger partial charge in [-0.05, 0) is 15.9 Å². The first-order valence-electron chi connectivity index (χ1n) is 2.12. The fourth-order valence-corrected chi connectivity index (χ4v) is 0.660. The molecule has 0 saturated heterocycles. The van der Waals surface area contributed by atoms with Crippen molar-refractivity contribution in [2.45, 2.75) is 0 Å². The zero-order valence-corrected chi connectivity index (χ0v) is 5.57. The monoisotopic (exact) mass is 173 g/mol. The first-order valence-corrected chi connectivity index (χ1v) is 2.91. The predicted octanol–water partition coefficient (Wildman–Crippen LogP) is 2.49. The van der Waals surface area contributed by atoms with Gasteiger partial charge in [-0.3, -0.25) is 0 Å². The van der Waals surface area contributed by atoms with Gasteiger partial charge in [-0.25, -0.2) is 0 Å². The van der Waals surface area contributed by atoms with Crippen LogP contribution < -0.4 is 0 Å². The van der Waals surface area contributed by atoms with E-state index in [2.05, 4.69) is 22.0 Å². The van der Waals surface area contributed by atoms with Crippen molar-refractivity contribution in [3.63, 3.8) is 0 Å². The van der Waals surface area contributed by atoms with Crippen molar-refractivity contribution in [2.24, 2.45) is 0 Å². The largest absolute Gasteiger partial charge is 0.255 e. The molecule has 0 aromatic rings. The molecule has 0 radical (unpaired) electrons. The minimum atomic E-state index is -0.271. The molecule has 0 nitrogen and oxygen atoms in total. The van der Waals surface area contributed by atoms with Crippen molar-refractivity contribution in [3.05, 3.63) is 34.6 Å². The highest BCUT2D eigenvalue weighted by atomic mass is 79.9. The molecule has 0 spiro atoms.